The molecule has 2 aliphatic rings. The summed E-state index contributed by atoms with van der Waals surface area (Å²) in [6.07, 6.45) is 2.24. The van der Waals surface area contributed by atoms with Gasteiger partial charge in [0.1, 0.15) is 11.4 Å². The highest BCUT2D eigenvalue weighted by molar-refractivity contribution is 7.87. The topological polar surface area (TPSA) is 72.9 Å². The third-order valence-corrected chi connectivity index (χ3v) is 4.92. The number of halogens is 3. The number of carbonyl (C=O) groups excluding carboxylic acids is 1. The van der Waals surface area contributed by atoms with Crippen LogP contribution in [0.2, 0.25) is 0 Å². The third-order valence-electron chi connectivity index (χ3n) is 3.96. The number of hydrogen-bond acceptors (Lipinski definition) is 5. The Hall–Kier alpha value is -1.45. The number of alkyl halides is 3. The molecule has 0 aromatic heterocycles. The van der Waals surface area contributed by atoms with Crippen LogP contribution >= 0.6 is 0 Å². The molecule has 10 heteroatoms. The Labute approximate surface area is 138 Å². The van der Waals surface area contributed by atoms with Gasteiger partial charge in [0.15, 0.2) is 0 Å². The van der Waals surface area contributed by atoms with Crippen molar-refractivity contribution in [1.29, 1.82) is 0 Å². The number of amides is 1. The molecule has 0 radical (unpaired) electrons. The number of ether oxygens (including phenoxy) is 1. The standard InChI is InChI=1S/C14H20F3NO5S/c1-12(2,3)22-11(19)18-8-5-10(13(9-18)6-4-7-13)23-24(20,21)14(15,16)17/h5H,4,6-9H2,1-3H3. The molecule has 0 aromatic carbocycles. The van der Waals surface area contributed by atoms with Crippen LogP contribution < -0.4 is 0 Å². The van der Waals surface area contributed by atoms with Crippen LogP contribution in [0.15, 0.2) is 11.8 Å². The molecule has 1 heterocycles. The molecule has 0 unspecified atom stereocenters. The largest absolute Gasteiger partial charge is 0.534 e. The summed E-state index contributed by atoms with van der Waals surface area (Å²) in [7, 11) is -5.71. The molecule has 0 atom stereocenters. The van der Waals surface area contributed by atoms with Crippen molar-refractivity contribution >= 4 is 16.2 Å². The van der Waals surface area contributed by atoms with E-state index in [9.17, 15) is 26.4 Å². The Bertz CT molecular complexity index is 644. The Morgan fingerprint density at radius 3 is 2.25 bits per heavy atom. The minimum absolute atomic E-state index is 0.0701. The SMILES string of the molecule is CC(C)(C)OC(=O)N1CC=C(OS(=O)(=O)C(F)(F)F)C2(CCC2)C1. The average Bonchev–Trinajstić information content (AvgIpc) is 2.33. The predicted octanol–water partition coefficient (Wildman–Crippen LogP) is 3.16. The van der Waals surface area contributed by atoms with Gasteiger partial charge in [-0.2, -0.15) is 21.6 Å². The van der Waals surface area contributed by atoms with Crippen molar-refractivity contribution < 1.29 is 35.3 Å². The maximum absolute atomic E-state index is 12.5. The zero-order chi connectivity index (χ0) is 18.4. The smallest absolute Gasteiger partial charge is 0.444 e. The zero-order valence-electron chi connectivity index (χ0n) is 13.6. The average molecular weight is 371 g/mol. The van der Waals surface area contributed by atoms with Crippen LogP contribution in [0, 0.1) is 5.41 Å². The van der Waals surface area contributed by atoms with E-state index in [1.165, 1.54) is 11.0 Å². The predicted molar refractivity (Wildman–Crippen MR) is 78.2 cm³/mol. The van der Waals surface area contributed by atoms with Gasteiger partial charge < -0.3 is 13.8 Å². The number of rotatable bonds is 2. The lowest BCUT2D eigenvalue weighted by atomic mass is 9.66. The van der Waals surface area contributed by atoms with E-state index in [0.29, 0.717) is 12.8 Å². The van der Waals surface area contributed by atoms with E-state index < -0.39 is 32.7 Å². The molecule has 0 bridgehead atoms. The first-order valence-corrected chi connectivity index (χ1v) is 8.86. The van der Waals surface area contributed by atoms with Crippen LogP contribution in [-0.2, 0) is 19.0 Å². The molecule has 1 aliphatic heterocycles. The van der Waals surface area contributed by atoms with Crippen LogP contribution in [0.3, 0.4) is 0 Å². The molecule has 2 rings (SSSR count). The normalized spacial score (nSPS) is 21.1. The molecular weight excluding hydrogens is 351 g/mol. The molecule has 24 heavy (non-hydrogen) atoms. The van der Waals surface area contributed by atoms with Gasteiger partial charge in [-0.1, -0.05) is 6.42 Å². The molecule has 1 spiro atoms. The highest BCUT2D eigenvalue weighted by Gasteiger charge is 2.53. The Morgan fingerprint density at radius 1 is 1.25 bits per heavy atom. The maximum Gasteiger partial charge on any atom is 0.534 e. The number of nitrogens with zero attached hydrogens (tertiary/aromatic N) is 1. The molecule has 1 amide bonds. The van der Waals surface area contributed by atoms with Gasteiger partial charge in [0.2, 0.25) is 0 Å². The summed E-state index contributed by atoms with van der Waals surface area (Å²) < 4.78 is 69.7. The summed E-state index contributed by atoms with van der Waals surface area (Å²) in [6.45, 7) is 5.11. The van der Waals surface area contributed by atoms with Gasteiger partial charge >= 0.3 is 21.7 Å². The second kappa shape index (κ2) is 5.82. The summed E-state index contributed by atoms with van der Waals surface area (Å²) in [6, 6.07) is 0. The molecule has 0 saturated heterocycles. The molecule has 1 saturated carbocycles. The van der Waals surface area contributed by atoms with E-state index in [2.05, 4.69) is 4.18 Å². The third kappa shape index (κ3) is 3.79. The lowest BCUT2D eigenvalue weighted by Gasteiger charge is -2.47. The fourth-order valence-corrected chi connectivity index (χ4v) is 3.25. The molecular formula is C14H20F3NO5S. The van der Waals surface area contributed by atoms with Crippen molar-refractivity contribution in [1.82, 2.24) is 4.90 Å². The van der Waals surface area contributed by atoms with E-state index in [-0.39, 0.29) is 18.8 Å². The van der Waals surface area contributed by atoms with Gasteiger partial charge in [-0.05, 0) is 39.7 Å². The zero-order valence-corrected chi connectivity index (χ0v) is 14.5. The monoisotopic (exact) mass is 371 g/mol. The molecule has 0 N–H and O–H groups in total. The van der Waals surface area contributed by atoms with Crippen LogP contribution in [0.5, 0.6) is 0 Å². The minimum Gasteiger partial charge on any atom is -0.444 e. The van der Waals surface area contributed by atoms with Crippen molar-refractivity contribution in [3.05, 3.63) is 11.8 Å². The van der Waals surface area contributed by atoms with Gasteiger partial charge in [-0.15, -0.1) is 0 Å². The first-order chi connectivity index (χ1) is 10.8. The van der Waals surface area contributed by atoms with Crippen LogP contribution in [0.4, 0.5) is 18.0 Å². The molecule has 0 aromatic rings. The second-order valence-corrected chi connectivity index (χ2v) is 8.58. The van der Waals surface area contributed by atoms with Crippen LogP contribution in [-0.4, -0.2) is 43.6 Å². The summed E-state index contributed by atoms with van der Waals surface area (Å²) in [4.78, 5) is 13.5. The van der Waals surface area contributed by atoms with Crippen molar-refractivity contribution in [2.45, 2.75) is 51.1 Å². The van der Waals surface area contributed by atoms with E-state index in [1.54, 1.807) is 20.8 Å². The van der Waals surface area contributed by atoms with E-state index >= 15 is 0 Å². The summed E-state index contributed by atoms with van der Waals surface area (Å²) in [5, 5.41) is 0. The van der Waals surface area contributed by atoms with E-state index in [0.717, 1.165) is 6.42 Å². The van der Waals surface area contributed by atoms with Crippen LogP contribution in [0.25, 0.3) is 0 Å². The highest BCUT2D eigenvalue weighted by atomic mass is 32.2. The second-order valence-electron chi connectivity index (χ2n) is 7.05. The first kappa shape index (κ1) is 18.9. The van der Waals surface area contributed by atoms with E-state index in [4.69, 9.17) is 4.74 Å². The van der Waals surface area contributed by atoms with Gasteiger partial charge in [0.05, 0.1) is 0 Å². The Balaban J connectivity index is 2.19. The van der Waals surface area contributed by atoms with Gasteiger partial charge in [-0.3, -0.25) is 0 Å². The fourth-order valence-electron chi connectivity index (χ4n) is 2.68. The Kier molecular flexibility index (Phi) is 4.58. The first-order valence-electron chi connectivity index (χ1n) is 7.45. The number of hydrogen-bond donors (Lipinski definition) is 0. The molecule has 1 fully saturated rings. The summed E-state index contributed by atoms with van der Waals surface area (Å²) in [5.74, 6) is -0.231. The van der Waals surface area contributed by atoms with Gasteiger partial charge in [-0.25, -0.2) is 4.79 Å². The van der Waals surface area contributed by atoms with Crippen molar-refractivity contribution in [2.24, 2.45) is 5.41 Å². The lowest BCUT2D eigenvalue weighted by Crippen LogP contribution is -2.51. The van der Waals surface area contributed by atoms with E-state index in [1.807, 2.05) is 0 Å². The summed E-state index contributed by atoms with van der Waals surface area (Å²) >= 11 is 0. The highest BCUT2D eigenvalue weighted by Crippen LogP contribution is 2.50. The van der Waals surface area contributed by atoms with Crippen molar-refractivity contribution in [2.75, 3.05) is 13.1 Å². The van der Waals surface area contributed by atoms with Crippen molar-refractivity contribution in [3.63, 3.8) is 0 Å². The molecule has 6 nitrogen and oxygen atoms in total. The lowest BCUT2D eigenvalue weighted by molar-refractivity contribution is -0.0558. The Morgan fingerprint density at radius 2 is 1.83 bits per heavy atom. The van der Waals surface area contributed by atoms with Gasteiger partial charge in [0.25, 0.3) is 0 Å². The molecule has 138 valence electrons. The number of carbonyl (C=O) groups is 1. The van der Waals surface area contributed by atoms with Crippen molar-refractivity contribution in [3.8, 4) is 0 Å². The maximum atomic E-state index is 12.5. The minimum atomic E-state index is -5.71. The molecule has 1 aliphatic carbocycles. The summed E-state index contributed by atoms with van der Waals surface area (Å²) in [5.41, 5.74) is -7.08. The van der Waals surface area contributed by atoms with Gasteiger partial charge in [0, 0.05) is 18.5 Å². The van der Waals surface area contributed by atoms with Crippen LogP contribution in [0.1, 0.15) is 40.0 Å². The quantitative estimate of drug-likeness (QED) is 0.551. The fraction of sp³-hybridized carbons (Fsp3) is 0.786.